The summed E-state index contributed by atoms with van der Waals surface area (Å²) in [4.78, 5) is 14.1. The van der Waals surface area contributed by atoms with Gasteiger partial charge in [0.05, 0.1) is 16.7 Å². The first-order valence-electron chi connectivity index (χ1n) is 10.6. The Morgan fingerprint density at radius 3 is 2.21 bits per heavy atom. The van der Waals surface area contributed by atoms with Gasteiger partial charge in [0.15, 0.2) is 0 Å². The van der Waals surface area contributed by atoms with Crippen LogP contribution in [0.25, 0.3) is 33.4 Å². The number of carboxylic acid groups (broad SMARTS) is 1. The molecule has 0 atom stereocenters. The molecule has 0 saturated carbocycles. The predicted octanol–water partition coefficient (Wildman–Crippen LogP) is 6.33. The zero-order valence-electron chi connectivity index (χ0n) is 19.5. The fourth-order valence-electron chi connectivity index (χ4n) is 3.70. The van der Waals surface area contributed by atoms with Gasteiger partial charge < -0.3 is 14.4 Å². The van der Waals surface area contributed by atoms with Crippen molar-refractivity contribution in [3.63, 3.8) is 0 Å². The molecule has 1 aliphatic heterocycles. The molecule has 1 N–H and O–H groups in total. The lowest BCUT2D eigenvalue weighted by Crippen LogP contribution is -2.21. The summed E-state index contributed by atoms with van der Waals surface area (Å²) in [6, 6.07) is 14.7. The van der Waals surface area contributed by atoms with Gasteiger partial charge in [0.25, 0.3) is 0 Å². The molecule has 0 bridgehead atoms. The predicted molar refractivity (Wildman–Crippen MR) is 138 cm³/mol. The largest absolute Gasteiger partial charge is 0.478 e. The van der Waals surface area contributed by atoms with E-state index >= 15 is 0 Å². The second-order valence-corrected chi connectivity index (χ2v) is 8.53. The van der Waals surface area contributed by atoms with E-state index in [4.69, 9.17) is 27.6 Å². The Morgan fingerprint density at radius 2 is 1.61 bits per heavy atom. The van der Waals surface area contributed by atoms with Crippen LogP contribution in [0, 0.1) is 0 Å². The minimum atomic E-state index is -1.14. The quantitative estimate of drug-likeness (QED) is 0.272. The molecule has 0 aromatic heterocycles. The van der Waals surface area contributed by atoms with E-state index < -0.39 is 5.97 Å². The van der Waals surface area contributed by atoms with Crippen LogP contribution >= 0.6 is 23.2 Å². The number of aromatic carboxylic acids is 1. The van der Waals surface area contributed by atoms with Gasteiger partial charge in [-0.2, -0.15) is 0 Å². The number of anilines is 1. The molecule has 0 radical (unpaired) electrons. The molecule has 7 heteroatoms. The van der Waals surface area contributed by atoms with Crippen LogP contribution in [-0.4, -0.2) is 39.3 Å². The second-order valence-electron chi connectivity index (χ2n) is 7.71. The lowest BCUT2D eigenvalue weighted by Gasteiger charge is -2.20. The lowest BCUT2D eigenvalue weighted by atomic mass is 9.90. The molecule has 33 heavy (non-hydrogen) atoms. The SMILES string of the molecule is CC.CN(C)c1ccc2c(-c3c(Cl)ccc(Cl)c3C(=O)O)c3ccc(=[N+](C)C)cc-3oc2c1. The zero-order chi connectivity index (χ0) is 24.4. The van der Waals surface area contributed by atoms with Gasteiger partial charge in [-0.25, -0.2) is 9.37 Å². The highest BCUT2D eigenvalue weighted by Gasteiger charge is 2.26. The van der Waals surface area contributed by atoms with Gasteiger partial charge in [-0.15, -0.1) is 0 Å². The highest BCUT2D eigenvalue weighted by Crippen LogP contribution is 2.45. The third kappa shape index (κ3) is 4.56. The Labute approximate surface area is 203 Å². The van der Waals surface area contributed by atoms with Crippen LogP contribution < -0.4 is 14.8 Å². The summed E-state index contributed by atoms with van der Waals surface area (Å²) in [6.45, 7) is 4.00. The van der Waals surface area contributed by atoms with Crippen LogP contribution in [0.4, 0.5) is 5.69 Å². The summed E-state index contributed by atoms with van der Waals surface area (Å²) in [5.41, 5.74) is 3.36. The Bertz CT molecular complexity index is 1390. The Kier molecular flexibility index (Phi) is 7.35. The molecular formula is C26H27Cl2N2O3+. The number of carbonyl (C=O) groups is 1. The molecule has 4 rings (SSSR count). The second kappa shape index (κ2) is 9.86. The number of nitrogens with zero attached hydrogens (tertiary/aromatic N) is 2. The summed E-state index contributed by atoms with van der Waals surface area (Å²) in [6.07, 6.45) is 0. The highest BCUT2D eigenvalue weighted by atomic mass is 35.5. The molecule has 0 unspecified atom stereocenters. The average Bonchev–Trinajstić information content (AvgIpc) is 2.79. The maximum atomic E-state index is 12.1. The van der Waals surface area contributed by atoms with Crippen molar-refractivity contribution in [2.75, 3.05) is 33.1 Å². The molecule has 2 aromatic rings. The van der Waals surface area contributed by atoms with Gasteiger partial charge in [-0.3, -0.25) is 0 Å². The molecule has 172 valence electrons. The fourth-order valence-corrected chi connectivity index (χ4v) is 4.19. The van der Waals surface area contributed by atoms with Crippen LogP contribution in [0.2, 0.25) is 10.0 Å². The first-order chi connectivity index (χ1) is 15.7. The monoisotopic (exact) mass is 485 g/mol. The number of benzene rings is 3. The van der Waals surface area contributed by atoms with E-state index in [0.717, 1.165) is 22.0 Å². The van der Waals surface area contributed by atoms with Crippen LogP contribution in [-0.2, 0) is 0 Å². The van der Waals surface area contributed by atoms with Gasteiger partial charge >= 0.3 is 5.97 Å². The molecule has 0 fully saturated rings. The number of fused-ring (bicyclic) bond motifs is 2. The van der Waals surface area contributed by atoms with Crippen molar-refractivity contribution in [3.05, 3.63) is 69.5 Å². The van der Waals surface area contributed by atoms with Crippen molar-refractivity contribution in [2.45, 2.75) is 13.8 Å². The van der Waals surface area contributed by atoms with Crippen LogP contribution in [0.1, 0.15) is 24.2 Å². The van der Waals surface area contributed by atoms with Crippen molar-refractivity contribution in [1.82, 2.24) is 4.58 Å². The minimum absolute atomic E-state index is 0.0312. The third-order valence-electron chi connectivity index (χ3n) is 5.29. The maximum absolute atomic E-state index is 12.1. The van der Waals surface area contributed by atoms with E-state index in [9.17, 15) is 9.90 Å². The van der Waals surface area contributed by atoms with E-state index in [0.29, 0.717) is 27.5 Å². The van der Waals surface area contributed by atoms with Crippen LogP contribution in [0.3, 0.4) is 0 Å². The Balaban J connectivity index is 0.00000149. The molecule has 0 amide bonds. The van der Waals surface area contributed by atoms with Gasteiger partial charge in [-0.05, 0) is 30.3 Å². The number of hydrogen-bond donors (Lipinski definition) is 1. The van der Waals surface area contributed by atoms with Crippen molar-refractivity contribution < 1.29 is 14.3 Å². The molecule has 1 heterocycles. The number of halogens is 2. The summed E-state index contributed by atoms with van der Waals surface area (Å²) in [5.74, 6) is -0.517. The maximum Gasteiger partial charge on any atom is 0.337 e. The van der Waals surface area contributed by atoms with Crippen LogP contribution in [0.15, 0.2) is 52.9 Å². The summed E-state index contributed by atoms with van der Waals surface area (Å²) >= 11 is 12.9. The topological polar surface area (TPSA) is 56.7 Å². The summed E-state index contributed by atoms with van der Waals surface area (Å²) in [5, 5.41) is 12.1. The van der Waals surface area contributed by atoms with E-state index in [1.165, 1.54) is 6.07 Å². The first-order valence-corrected chi connectivity index (χ1v) is 11.3. The highest BCUT2D eigenvalue weighted by molar-refractivity contribution is 6.39. The molecule has 1 aliphatic carbocycles. The minimum Gasteiger partial charge on any atom is -0.478 e. The smallest absolute Gasteiger partial charge is 0.337 e. The molecular weight excluding hydrogens is 459 g/mol. The number of carboxylic acids is 1. The van der Waals surface area contributed by atoms with Gasteiger partial charge in [0, 0.05) is 59.0 Å². The van der Waals surface area contributed by atoms with Crippen molar-refractivity contribution in [1.29, 1.82) is 0 Å². The van der Waals surface area contributed by atoms with Crippen molar-refractivity contribution >= 4 is 45.8 Å². The van der Waals surface area contributed by atoms with E-state index in [2.05, 4.69) is 0 Å². The van der Waals surface area contributed by atoms with E-state index in [1.54, 1.807) is 6.07 Å². The standard InChI is InChI=1S/C24H20Cl2N2O3.C2H6/c1-27(2)13-5-7-15-19(11-13)31-20-12-14(28(3)4)6-8-16(20)21(15)22-17(25)9-10-18(26)23(22)24(29)30;1-2/h5-12H,1-4H3;1-2H3/p+1. The van der Waals surface area contributed by atoms with E-state index in [-0.39, 0.29) is 10.6 Å². The van der Waals surface area contributed by atoms with Gasteiger partial charge in [0.1, 0.15) is 25.4 Å². The van der Waals surface area contributed by atoms with Crippen molar-refractivity contribution in [2.24, 2.45) is 0 Å². The fraction of sp³-hybridized carbons (Fsp3) is 0.231. The zero-order valence-corrected chi connectivity index (χ0v) is 21.0. The average molecular weight is 486 g/mol. The first kappa shape index (κ1) is 24.6. The molecule has 2 aliphatic rings. The number of hydrogen-bond acceptors (Lipinski definition) is 3. The van der Waals surface area contributed by atoms with Gasteiger partial charge in [-0.1, -0.05) is 37.0 Å². The Hall–Kier alpha value is -3.02. The molecule has 2 aromatic carbocycles. The molecule has 0 spiro atoms. The summed E-state index contributed by atoms with van der Waals surface area (Å²) in [7, 11) is 7.79. The van der Waals surface area contributed by atoms with E-state index in [1.807, 2.05) is 87.9 Å². The lowest BCUT2D eigenvalue weighted by molar-refractivity contribution is 0.0698. The molecule has 5 nitrogen and oxygen atoms in total. The summed E-state index contributed by atoms with van der Waals surface area (Å²) < 4.78 is 8.26. The molecule has 0 saturated heterocycles. The third-order valence-corrected chi connectivity index (χ3v) is 5.92. The number of rotatable bonds is 3. The Morgan fingerprint density at radius 1 is 0.939 bits per heavy atom. The van der Waals surface area contributed by atoms with Crippen molar-refractivity contribution in [3.8, 4) is 22.5 Å². The normalized spacial score (nSPS) is 10.7. The van der Waals surface area contributed by atoms with Crippen LogP contribution in [0.5, 0.6) is 0 Å². The van der Waals surface area contributed by atoms with Gasteiger partial charge in [0.2, 0.25) is 5.36 Å².